The van der Waals surface area contributed by atoms with Gasteiger partial charge in [0.25, 0.3) is 0 Å². The molecule has 1 aromatic carbocycles. The fourth-order valence-corrected chi connectivity index (χ4v) is 3.13. The summed E-state index contributed by atoms with van der Waals surface area (Å²) in [5, 5.41) is 19.3. The molecule has 1 aliphatic carbocycles. The van der Waals surface area contributed by atoms with E-state index in [2.05, 4.69) is 4.98 Å². The van der Waals surface area contributed by atoms with E-state index >= 15 is 0 Å². The first-order valence-corrected chi connectivity index (χ1v) is 6.60. The molecule has 1 heterocycles. The van der Waals surface area contributed by atoms with E-state index < -0.39 is 23.1 Å². The first kappa shape index (κ1) is 14.2. The monoisotopic (exact) mass is 300 g/mol. The lowest BCUT2D eigenvalue weighted by molar-refractivity contribution is -0.136. The lowest BCUT2D eigenvalue weighted by Gasteiger charge is -2.42. The molecule has 2 N–H and O–H groups in total. The largest absolute Gasteiger partial charge is 0.508 e. The van der Waals surface area contributed by atoms with Crippen LogP contribution < -0.4 is 0 Å². The van der Waals surface area contributed by atoms with Crippen LogP contribution in [0.25, 0.3) is 11.0 Å². The molecule has 21 heavy (non-hydrogen) atoms. The SMILES string of the molecule is Cc1nc2cc(O)cc(C(F)(F)F)c2n1C1CC(C)(O)C1. The maximum absolute atomic E-state index is 13.2. The van der Waals surface area contributed by atoms with E-state index in [1.54, 1.807) is 13.8 Å². The van der Waals surface area contributed by atoms with Gasteiger partial charge in [-0.1, -0.05) is 0 Å². The predicted octanol–water partition coefficient (Wildman–Crippen LogP) is 3.16. The summed E-state index contributed by atoms with van der Waals surface area (Å²) in [5.41, 5.74) is -1.66. The number of fused-ring (bicyclic) bond motifs is 1. The molecule has 0 bridgehead atoms. The van der Waals surface area contributed by atoms with E-state index in [1.807, 2.05) is 0 Å². The summed E-state index contributed by atoms with van der Waals surface area (Å²) in [7, 11) is 0. The third kappa shape index (κ3) is 2.25. The first-order chi connectivity index (χ1) is 9.58. The van der Waals surface area contributed by atoms with Crippen molar-refractivity contribution in [2.45, 2.75) is 44.5 Å². The number of nitrogens with zero attached hydrogens (tertiary/aromatic N) is 2. The molecule has 0 amide bonds. The topological polar surface area (TPSA) is 58.3 Å². The molecule has 2 aromatic rings. The van der Waals surface area contributed by atoms with Gasteiger partial charge in [-0.25, -0.2) is 4.98 Å². The molecule has 0 aliphatic heterocycles. The van der Waals surface area contributed by atoms with Gasteiger partial charge in [-0.3, -0.25) is 0 Å². The first-order valence-electron chi connectivity index (χ1n) is 6.60. The Morgan fingerprint density at radius 3 is 2.48 bits per heavy atom. The highest BCUT2D eigenvalue weighted by Crippen LogP contribution is 2.45. The van der Waals surface area contributed by atoms with Gasteiger partial charge in [-0.15, -0.1) is 0 Å². The van der Waals surface area contributed by atoms with Crippen LogP contribution in [0.2, 0.25) is 0 Å². The lowest BCUT2D eigenvalue weighted by atomic mass is 9.77. The molecule has 7 heteroatoms. The van der Waals surface area contributed by atoms with Crippen molar-refractivity contribution in [2.75, 3.05) is 0 Å². The van der Waals surface area contributed by atoms with Crippen molar-refractivity contribution < 1.29 is 23.4 Å². The Morgan fingerprint density at radius 1 is 1.33 bits per heavy atom. The minimum Gasteiger partial charge on any atom is -0.508 e. The lowest BCUT2D eigenvalue weighted by Crippen LogP contribution is -2.42. The number of aliphatic hydroxyl groups is 1. The fourth-order valence-electron chi connectivity index (χ4n) is 3.13. The van der Waals surface area contributed by atoms with Crippen molar-refractivity contribution in [1.29, 1.82) is 0 Å². The van der Waals surface area contributed by atoms with Crippen LogP contribution in [0.3, 0.4) is 0 Å². The van der Waals surface area contributed by atoms with E-state index in [9.17, 15) is 23.4 Å². The van der Waals surface area contributed by atoms with Gasteiger partial charge in [0.1, 0.15) is 11.6 Å². The molecular formula is C14H15F3N2O2. The van der Waals surface area contributed by atoms with Crippen molar-refractivity contribution in [3.05, 3.63) is 23.5 Å². The Bertz CT molecular complexity index is 711. The van der Waals surface area contributed by atoms with Gasteiger partial charge in [-0.2, -0.15) is 13.2 Å². The van der Waals surface area contributed by atoms with Crippen LogP contribution in [0, 0.1) is 6.92 Å². The van der Waals surface area contributed by atoms with Crippen LogP contribution in [-0.2, 0) is 6.18 Å². The second-order valence-electron chi connectivity index (χ2n) is 5.95. The fraction of sp³-hybridized carbons (Fsp3) is 0.500. The highest BCUT2D eigenvalue weighted by molar-refractivity contribution is 5.82. The Labute approximate surface area is 118 Å². The molecule has 1 aliphatic rings. The Morgan fingerprint density at radius 2 is 1.95 bits per heavy atom. The molecule has 1 aromatic heterocycles. The summed E-state index contributed by atoms with van der Waals surface area (Å²) >= 11 is 0. The van der Waals surface area contributed by atoms with E-state index in [0.717, 1.165) is 6.07 Å². The summed E-state index contributed by atoms with van der Waals surface area (Å²) in [6.45, 7) is 3.29. The number of phenolic OH excluding ortho intramolecular Hbond substituents is 1. The number of aryl methyl sites for hydroxylation is 1. The van der Waals surface area contributed by atoms with Gasteiger partial charge >= 0.3 is 6.18 Å². The van der Waals surface area contributed by atoms with Crippen LogP contribution in [-0.4, -0.2) is 25.4 Å². The number of halogens is 3. The molecule has 0 atom stereocenters. The van der Waals surface area contributed by atoms with Gasteiger partial charge in [0, 0.05) is 12.1 Å². The number of aromatic nitrogens is 2. The van der Waals surface area contributed by atoms with E-state index in [4.69, 9.17) is 0 Å². The zero-order valence-corrected chi connectivity index (χ0v) is 11.6. The zero-order valence-electron chi connectivity index (χ0n) is 11.6. The van der Waals surface area contributed by atoms with Crippen LogP contribution in [0.15, 0.2) is 12.1 Å². The average Bonchev–Trinajstić information content (AvgIpc) is 2.58. The summed E-state index contributed by atoms with van der Waals surface area (Å²) in [5.74, 6) is -0.0123. The van der Waals surface area contributed by atoms with Crippen LogP contribution in [0.1, 0.15) is 37.2 Å². The minimum absolute atomic E-state index is 0.0294. The zero-order chi connectivity index (χ0) is 15.6. The normalized spacial score (nSPS) is 26.1. The molecule has 114 valence electrons. The molecule has 1 saturated carbocycles. The van der Waals surface area contributed by atoms with Gasteiger partial charge in [-0.05, 0) is 32.8 Å². The summed E-state index contributed by atoms with van der Waals surface area (Å²) in [6, 6.07) is 1.73. The summed E-state index contributed by atoms with van der Waals surface area (Å²) in [4.78, 5) is 4.12. The number of benzene rings is 1. The van der Waals surface area contributed by atoms with Gasteiger partial charge < -0.3 is 14.8 Å². The van der Waals surface area contributed by atoms with Gasteiger partial charge in [0.05, 0.1) is 22.2 Å². The quantitative estimate of drug-likeness (QED) is 0.850. The van der Waals surface area contributed by atoms with Crippen molar-refractivity contribution >= 4 is 11.0 Å². The highest BCUT2D eigenvalue weighted by Gasteiger charge is 2.42. The minimum atomic E-state index is -4.58. The smallest absolute Gasteiger partial charge is 0.418 e. The number of aromatic hydroxyl groups is 1. The maximum atomic E-state index is 13.2. The molecule has 0 spiro atoms. The van der Waals surface area contributed by atoms with Crippen molar-refractivity contribution in [3.8, 4) is 5.75 Å². The van der Waals surface area contributed by atoms with Crippen LogP contribution >= 0.6 is 0 Å². The highest BCUT2D eigenvalue weighted by atomic mass is 19.4. The second kappa shape index (κ2) is 4.13. The molecule has 4 nitrogen and oxygen atoms in total. The number of alkyl halides is 3. The summed E-state index contributed by atoms with van der Waals surface area (Å²) < 4.78 is 41.2. The number of imidazole rings is 1. The number of rotatable bonds is 1. The van der Waals surface area contributed by atoms with E-state index in [-0.39, 0.29) is 17.1 Å². The molecular weight excluding hydrogens is 285 g/mol. The maximum Gasteiger partial charge on any atom is 0.418 e. The third-order valence-electron chi connectivity index (χ3n) is 3.97. The molecule has 0 radical (unpaired) electrons. The number of hydrogen-bond acceptors (Lipinski definition) is 3. The molecule has 0 saturated heterocycles. The predicted molar refractivity (Wildman–Crippen MR) is 70.0 cm³/mol. The number of hydrogen-bond donors (Lipinski definition) is 2. The Hall–Kier alpha value is -1.76. The third-order valence-corrected chi connectivity index (χ3v) is 3.97. The molecule has 0 unspecified atom stereocenters. The van der Waals surface area contributed by atoms with Crippen molar-refractivity contribution in [1.82, 2.24) is 9.55 Å². The van der Waals surface area contributed by atoms with Crippen LogP contribution in [0.5, 0.6) is 5.75 Å². The number of phenols is 1. The van der Waals surface area contributed by atoms with E-state index in [0.29, 0.717) is 18.7 Å². The molecule has 3 rings (SSSR count). The van der Waals surface area contributed by atoms with Gasteiger partial charge in [0.15, 0.2) is 0 Å². The summed E-state index contributed by atoms with van der Waals surface area (Å²) in [6.07, 6.45) is -3.80. The Balaban J connectivity index is 2.23. The standard InChI is InChI=1S/C14H15F3N2O2/c1-7-18-11-4-9(20)3-10(14(15,16)17)12(11)19(7)8-5-13(2,21)6-8/h3-4,8,20-21H,5-6H2,1-2H3. The Kier molecular flexibility index (Phi) is 2.79. The second-order valence-corrected chi connectivity index (χ2v) is 5.95. The van der Waals surface area contributed by atoms with Crippen molar-refractivity contribution in [3.63, 3.8) is 0 Å². The van der Waals surface area contributed by atoms with Crippen molar-refractivity contribution in [2.24, 2.45) is 0 Å². The molecule has 1 fully saturated rings. The average molecular weight is 300 g/mol. The van der Waals surface area contributed by atoms with E-state index in [1.165, 1.54) is 10.6 Å². The van der Waals surface area contributed by atoms with Gasteiger partial charge in [0.2, 0.25) is 0 Å². The van der Waals surface area contributed by atoms with Crippen LogP contribution in [0.4, 0.5) is 13.2 Å².